The Hall–Kier alpha value is -2.92. The average molecular weight is 378 g/mol. The highest BCUT2D eigenvalue weighted by Crippen LogP contribution is 2.26. The van der Waals surface area contributed by atoms with Crippen molar-refractivity contribution in [1.82, 2.24) is 19.7 Å². The van der Waals surface area contributed by atoms with Crippen LogP contribution in [0.3, 0.4) is 0 Å². The highest BCUT2D eigenvalue weighted by Gasteiger charge is 2.14. The van der Waals surface area contributed by atoms with E-state index in [0.29, 0.717) is 16.8 Å². The van der Waals surface area contributed by atoms with E-state index < -0.39 is 0 Å². The predicted octanol–water partition coefficient (Wildman–Crippen LogP) is 5.34. The average Bonchev–Trinajstić information content (AvgIpc) is 3.05. The maximum Gasteiger partial charge on any atom is 0.163 e. The third kappa shape index (κ3) is 3.78. The summed E-state index contributed by atoms with van der Waals surface area (Å²) in [6.45, 7) is 4.84. The number of aryl methyl sites for hydroxylation is 1. The van der Waals surface area contributed by atoms with Gasteiger partial charge in [-0.25, -0.2) is 14.6 Å². The van der Waals surface area contributed by atoms with Gasteiger partial charge >= 0.3 is 0 Å². The first-order valence-corrected chi connectivity index (χ1v) is 9.25. The van der Waals surface area contributed by atoms with Gasteiger partial charge in [-0.2, -0.15) is 5.10 Å². The molecule has 1 unspecified atom stereocenters. The molecule has 0 radical (unpaired) electrons. The van der Waals surface area contributed by atoms with Gasteiger partial charge in [-0.3, -0.25) is 0 Å². The van der Waals surface area contributed by atoms with E-state index in [1.54, 1.807) is 0 Å². The highest BCUT2D eigenvalue weighted by atomic mass is 35.5. The van der Waals surface area contributed by atoms with Crippen LogP contribution in [0, 0.1) is 6.92 Å². The Labute approximate surface area is 163 Å². The van der Waals surface area contributed by atoms with Crippen LogP contribution in [-0.2, 0) is 6.54 Å². The normalized spacial score (nSPS) is 12.3. The van der Waals surface area contributed by atoms with E-state index >= 15 is 0 Å². The largest absolute Gasteiger partial charge is 0.339 e. The molecule has 5 nitrogen and oxygen atoms in total. The minimum Gasteiger partial charge on any atom is -0.339 e. The Morgan fingerprint density at radius 1 is 1.07 bits per heavy atom. The number of aromatic nitrogens is 4. The van der Waals surface area contributed by atoms with E-state index in [0.717, 1.165) is 29.1 Å². The molecule has 0 aliphatic heterocycles. The van der Waals surface area contributed by atoms with Crippen LogP contribution in [0.2, 0.25) is 5.02 Å². The van der Waals surface area contributed by atoms with Crippen LogP contribution >= 0.6 is 11.6 Å². The molecule has 0 fully saturated rings. The van der Waals surface area contributed by atoms with E-state index in [2.05, 4.69) is 51.6 Å². The lowest BCUT2D eigenvalue weighted by Crippen LogP contribution is -2.09. The monoisotopic (exact) mass is 377 g/mol. The van der Waals surface area contributed by atoms with Crippen molar-refractivity contribution < 1.29 is 0 Å². The molecule has 0 amide bonds. The van der Waals surface area contributed by atoms with Crippen molar-refractivity contribution in [3.05, 3.63) is 77.2 Å². The summed E-state index contributed by atoms with van der Waals surface area (Å²) in [6, 6.07) is 18.0. The zero-order valence-electron chi connectivity index (χ0n) is 15.2. The number of fused-ring (bicyclic) bond motifs is 1. The molecular formula is C21H20ClN5. The lowest BCUT2D eigenvalue weighted by molar-refractivity contribution is 0.554. The summed E-state index contributed by atoms with van der Waals surface area (Å²) in [7, 11) is 0. The second-order valence-electron chi connectivity index (χ2n) is 6.63. The van der Waals surface area contributed by atoms with Gasteiger partial charge in [-0.1, -0.05) is 54.9 Å². The van der Waals surface area contributed by atoms with Crippen molar-refractivity contribution in [2.45, 2.75) is 26.3 Å². The molecule has 2 aromatic carbocycles. The van der Waals surface area contributed by atoms with Crippen molar-refractivity contribution in [1.29, 1.82) is 0 Å². The van der Waals surface area contributed by atoms with E-state index in [-0.39, 0.29) is 0 Å². The van der Waals surface area contributed by atoms with Crippen LogP contribution in [-0.4, -0.2) is 19.7 Å². The SMILES string of the molecule is Cc1nc(Nc2cccc(Cl)c2)c2cnn(CC(C)c3ccccc3)c2n1. The Bertz CT molecular complexity index is 1070. The fourth-order valence-corrected chi connectivity index (χ4v) is 3.33. The molecule has 27 heavy (non-hydrogen) atoms. The zero-order valence-corrected chi connectivity index (χ0v) is 16.0. The quantitative estimate of drug-likeness (QED) is 0.510. The molecule has 0 bridgehead atoms. The second kappa shape index (κ2) is 7.37. The van der Waals surface area contributed by atoms with Crippen LogP contribution in [0.4, 0.5) is 11.5 Å². The molecule has 0 saturated carbocycles. The summed E-state index contributed by atoms with van der Waals surface area (Å²) in [5, 5.41) is 9.47. The lowest BCUT2D eigenvalue weighted by Gasteiger charge is -2.13. The molecule has 1 atom stereocenters. The predicted molar refractivity (Wildman–Crippen MR) is 110 cm³/mol. The van der Waals surface area contributed by atoms with E-state index in [1.807, 2.05) is 48.1 Å². The van der Waals surface area contributed by atoms with Gasteiger partial charge in [0.05, 0.1) is 11.6 Å². The van der Waals surface area contributed by atoms with Gasteiger partial charge in [0, 0.05) is 23.2 Å². The second-order valence-corrected chi connectivity index (χ2v) is 7.07. The molecule has 2 aromatic heterocycles. The standard InChI is InChI=1S/C21H20ClN5/c1-14(16-7-4-3-5-8-16)13-27-21-19(12-23-27)20(24-15(2)25-21)26-18-10-6-9-17(22)11-18/h3-12,14H,13H2,1-2H3,(H,24,25,26). The minimum atomic E-state index is 0.328. The molecule has 2 heterocycles. The summed E-state index contributed by atoms with van der Waals surface area (Å²) < 4.78 is 1.95. The maximum atomic E-state index is 6.09. The van der Waals surface area contributed by atoms with E-state index in [9.17, 15) is 0 Å². The number of halogens is 1. The highest BCUT2D eigenvalue weighted by molar-refractivity contribution is 6.30. The smallest absolute Gasteiger partial charge is 0.163 e. The zero-order chi connectivity index (χ0) is 18.8. The molecule has 0 aliphatic rings. The van der Waals surface area contributed by atoms with Gasteiger partial charge in [-0.05, 0) is 30.7 Å². The first-order valence-electron chi connectivity index (χ1n) is 8.88. The van der Waals surface area contributed by atoms with Crippen LogP contribution < -0.4 is 5.32 Å². The summed E-state index contributed by atoms with van der Waals surface area (Å²) >= 11 is 6.09. The first kappa shape index (κ1) is 17.5. The summed E-state index contributed by atoms with van der Waals surface area (Å²) in [6.07, 6.45) is 1.82. The van der Waals surface area contributed by atoms with Gasteiger partial charge in [0.25, 0.3) is 0 Å². The minimum absolute atomic E-state index is 0.328. The van der Waals surface area contributed by atoms with Crippen molar-refractivity contribution in [3.63, 3.8) is 0 Å². The van der Waals surface area contributed by atoms with Crippen molar-refractivity contribution in [2.75, 3.05) is 5.32 Å². The Morgan fingerprint density at radius 2 is 1.89 bits per heavy atom. The number of hydrogen-bond acceptors (Lipinski definition) is 4. The fourth-order valence-electron chi connectivity index (χ4n) is 3.14. The van der Waals surface area contributed by atoms with Gasteiger partial charge in [0.15, 0.2) is 5.65 Å². The molecule has 1 N–H and O–H groups in total. The van der Waals surface area contributed by atoms with Gasteiger partial charge < -0.3 is 5.32 Å². The van der Waals surface area contributed by atoms with Crippen LogP contribution in [0.25, 0.3) is 11.0 Å². The molecule has 4 aromatic rings. The lowest BCUT2D eigenvalue weighted by atomic mass is 10.0. The number of nitrogens with one attached hydrogen (secondary N) is 1. The number of rotatable bonds is 5. The molecule has 4 rings (SSSR count). The number of hydrogen-bond donors (Lipinski definition) is 1. The third-order valence-electron chi connectivity index (χ3n) is 4.51. The first-order chi connectivity index (χ1) is 13.1. The van der Waals surface area contributed by atoms with Crippen LogP contribution in [0.1, 0.15) is 24.2 Å². The molecule has 6 heteroatoms. The van der Waals surface area contributed by atoms with Crippen molar-refractivity contribution in [2.24, 2.45) is 0 Å². The maximum absolute atomic E-state index is 6.09. The Morgan fingerprint density at radius 3 is 2.67 bits per heavy atom. The van der Waals surface area contributed by atoms with Crippen LogP contribution in [0.15, 0.2) is 60.8 Å². The number of nitrogens with zero attached hydrogens (tertiary/aromatic N) is 4. The van der Waals surface area contributed by atoms with E-state index in [1.165, 1.54) is 5.56 Å². The van der Waals surface area contributed by atoms with Crippen molar-refractivity contribution in [3.8, 4) is 0 Å². The molecule has 0 spiro atoms. The topological polar surface area (TPSA) is 55.6 Å². The molecule has 136 valence electrons. The summed E-state index contributed by atoms with van der Waals surface area (Å²) in [5.74, 6) is 1.76. The summed E-state index contributed by atoms with van der Waals surface area (Å²) in [5.41, 5.74) is 2.99. The number of anilines is 2. The number of benzene rings is 2. The molecule has 0 saturated heterocycles. The molecular weight excluding hydrogens is 358 g/mol. The van der Waals surface area contributed by atoms with Gasteiger partial charge in [-0.15, -0.1) is 0 Å². The van der Waals surface area contributed by atoms with Crippen LogP contribution in [0.5, 0.6) is 0 Å². The fraction of sp³-hybridized carbons (Fsp3) is 0.190. The van der Waals surface area contributed by atoms with Gasteiger partial charge in [0.1, 0.15) is 11.6 Å². The van der Waals surface area contributed by atoms with Gasteiger partial charge in [0.2, 0.25) is 0 Å². The van der Waals surface area contributed by atoms with Crippen molar-refractivity contribution >= 4 is 34.1 Å². The van der Waals surface area contributed by atoms with E-state index in [4.69, 9.17) is 11.6 Å². The Balaban J connectivity index is 1.67. The Kier molecular flexibility index (Phi) is 4.77. The molecule has 0 aliphatic carbocycles. The summed E-state index contributed by atoms with van der Waals surface area (Å²) in [4.78, 5) is 9.18. The third-order valence-corrected chi connectivity index (χ3v) is 4.75.